The predicted molar refractivity (Wildman–Crippen MR) is 73.9 cm³/mol. The van der Waals surface area contributed by atoms with Gasteiger partial charge in [-0.1, -0.05) is 45.8 Å². The fraction of sp³-hybridized carbons (Fsp3) is 0.200. The van der Waals surface area contributed by atoms with Crippen LogP contribution in [0.15, 0.2) is 46.9 Å². The predicted octanol–water partition coefficient (Wildman–Crippen LogP) is 4.17. The van der Waals surface area contributed by atoms with Crippen molar-refractivity contribution in [1.29, 1.82) is 0 Å². The summed E-state index contributed by atoms with van der Waals surface area (Å²) in [4.78, 5) is 0. The molecular weight excluding hydrogens is 295 g/mol. The van der Waals surface area contributed by atoms with Crippen LogP contribution in [0.25, 0.3) is 0 Å². The van der Waals surface area contributed by atoms with Crippen LogP contribution in [0.2, 0.25) is 0 Å². The maximum absolute atomic E-state index is 13.6. The van der Waals surface area contributed by atoms with E-state index in [0.717, 1.165) is 10.0 Å². The molecule has 1 unspecified atom stereocenters. The molecule has 0 saturated heterocycles. The van der Waals surface area contributed by atoms with Gasteiger partial charge in [-0.15, -0.1) is 0 Å². The fourth-order valence-corrected chi connectivity index (χ4v) is 2.21. The largest absolute Gasteiger partial charge is 0.388 e. The molecule has 0 bridgehead atoms. The average Bonchev–Trinajstić information content (AvgIpc) is 2.35. The lowest BCUT2D eigenvalue weighted by atomic mass is 10.0. The molecule has 0 amide bonds. The van der Waals surface area contributed by atoms with E-state index < -0.39 is 6.10 Å². The van der Waals surface area contributed by atoms with Gasteiger partial charge in [0.1, 0.15) is 5.82 Å². The summed E-state index contributed by atoms with van der Waals surface area (Å²) in [6.45, 7) is 2.01. The summed E-state index contributed by atoms with van der Waals surface area (Å²) >= 11 is 3.28. The smallest absolute Gasteiger partial charge is 0.129 e. The molecule has 0 fully saturated rings. The lowest BCUT2D eigenvalue weighted by Crippen LogP contribution is -2.04. The van der Waals surface area contributed by atoms with Crippen LogP contribution in [0, 0.1) is 12.7 Å². The molecule has 2 aromatic carbocycles. The minimum absolute atomic E-state index is 0.324. The molecule has 18 heavy (non-hydrogen) atoms. The second-order valence-electron chi connectivity index (χ2n) is 4.37. The van der Waals surface area contributed by atoms with Crippen LogP contribution < -0.4 is 0 Å². The quantitative estimate of drug-likeness (QED) is 0.902. The van der Waals surface area contributed by atoms with Crippen molar-refractivity contribution in [3.8, 4) is 0 Å². The molecule has 1 N–H and O–H groups in total. The normalized spacial score (nSPS) is 12.4. The Morgan fingerprint density at radius 3 is 2.50 bits per heavy atom. The number of aryl methyl sites for hydroxylation is 1. The molecule has 0 saturated carbocycles. The molecule has 0 aliphatic heterocycles. The highest BCUT2D eigenvalue weighted by Gasteiger charge is 2.13. The van der Waals surface area contributed by atoms with Gasteiger partial charge in [0.15, 0.2) is 0 Å². The number of hydrogen-bond acceptors (Lipinski definition) is 1. The van der Waals surface area contributed by atoms with Gasteiger partial charge < -0.3 is 5.11 Å². The monoisotopic (exact) mass is 308 g/mol. The van der Waals surface area contributed by atoms with Crippen molar-refractivity contribution in [3.05, 3.63) is 69.4 Å². The van der Waals surface area contributed by atoms with E-state index in [-0.39, 0.29) is 5.82 Å². The zero-order chi connectivity index (χ0) is 13.1. The van der Waals surface area contributed by atoms with Gasteiger partial charge in [-0.25, -0.2) is 4.39 Å². The summed E-state index contributed by atoms with van der Waals surface area (Å²) in [6, 6.07) is 12.5. The number of aliphatic hydroxyl groups excluding tert-OH is 1. The second kappa shape index (κ2) is 5.63. The topological polar surface area (TPSA) is 20.2 Å². The lowest BCUT2D eigenvalue weighted by molar-refractivity contribution is 0.173. The average molecular weight is 309 g/mol. The van der Waals surface area contributed by atoms with Gasteiger partial charge in [0, 0.05) is 16.5 Å². The highest BCUT2D eigenvalue weighted by molar-refractivity contribution is 9.10. The summed E-state index contributed by atoms with van der Waals surface area (Å²) < 4.78 is 14.4. The highest BCUT2D eigenvalue weighted by Crippen LogP contribution is 2.24. The van der Waals surface area contributed by atoms with Crippen LogP contribution in [-0.4, -0.2) is 5.11 Å². The first kappa shape index (κ1) is 13.2. The summed E-state index contributed by atoms with van der Waals surface area (Å²) in [6.07, 6.45) is -0.418. The van der Waals surface area contributed by atoms with Gasteiger partial charge in [0.2, 0.25) is 0 Å². The zero-order valence-electron chi connectivity index (χ0n) is 10.0. The SMILES string of the molecule is Cc1ccc(CC(O)c2cc(Br)ccc2F)cc1. The Hall–Kier alpha value is -1.19. The van der Waals surface area contributed by atoms with Crippen molar-refractivity contribution >= 4 is 15.9 Å². The molecule has 1 nitrogen and oxygen atoms in total. The molecule has 2 aromatic rings. The van der Waals surface area contributed by atoms with E-state index in [1.54, 1.807) is 12.1 Å². The number of rotatable bonds is 3. The van der Waals surface area contributed by atoms with Gasteiger partial charge in [-0.3, -0.25) is 0 Å². The van der Waals surface area contributed by atoms with Crippen molar-refractivity contribution in [1.82, 2.24) is 0 Å². The first-order valence-corrected chi connectivity index (χ1v) is 6.54. The molecule has 1 atom stereocenters. The Morgan fingerprint density at radius 2 is 1.83 bits per heavy atom. The third kappa shape index (κ3) is 3.18. The summed E-state index contributed by atoms with van der Waals surface area (Å²) in [7, 11) is 0. The Bertz CT molecular complexity index is 537. The van der Waals surface area contributed by atoms with Gasteiger partial charge in [-0.2, -0.15) is 0 Å². The van der Waals surface area contributed by atoms with Crippen molar-refractivity contribution in [2.45, 2.75) is 19.4 Å². The Kier molecular flexibility index (Phi) is 4.15. The molecule has 0 aliphatic carbocycles. The van der Waals surface area contributed by atoms with Crippen LogP contribution in [-0.2, 0) is 6.42 Å². The number of halogens is 2. The van der Waals surface area contributed by atoms with Crippen LogP contribution in [0.5, 0.6) is 0 Å². The van der Waals surface area contributed by atoms with Gasteiger partial charge in [0.25, 0.3) is 0 Å². The second-order valence-corrected chi connectivity index (χ2v) is 5.29. The number of hydrogen-bond donors (Lipinski definition) is 1. The fourth-order valence-electron chi connectivity index (χ4n) is 1.83. The van der Waals surface area contributed by atoms with E-state index in [1.165, 1.54) is 11.6 Å². The molecule has 0 radical (unpaired) electrons. The van der Waals surface area contributed by atoms with E-state index in [0.29, 0.717) is 12.0 Å². The Morgan fingerprint density at radius 1 is 1.17 bits per heavy atom. The molecule has 3 heteroatoms. The maximum Gasteiger partial charge on any atom is 0.129 e. The molecular formula is C15H14BrFO. The van der Waals surface area contributed by atoms with Crippen molar-refractivity contribution in [2.24, 2.45) is 0 Å². The van der Waals surface area contributed by atoms with Crippen LogP contribution in [0.1, 0.15) is 22.8 Å². The molecule has 0 heterocycles. The third-order valence-electron chi connectivity index (χ3n) is 2.87. The standard InChI is InChI=1S/C15H14BrFO/c1-10-2-4-11(5-3-10)8-15(18)13-9-12(16)6-7-14(13)17/h2-7,9,15,18H,8H2,1H3. The number of aliphatic hydroxyl groups is 1. The zero-order valence-corrected chi connectivity index (χ0v) is 11.6. The van der Waals surface area contributed by atoms with E-state index >= 15 is 0 Å². The molecule has 2 rings (SSSR count). The minimum atomic E-state index is -0.829. The van der Waals surface area contributed by atoms with Gasteiger partial charge >= 0.3 is 0 Å². The van der Waals surface area contributed by atoms with Crippen molar-refractivity contribution < 1.29 is 9.50 Å². The molecule has 0 aromatic heterocycles. The van der Waals surface area contributed by atoms with Crippen molar-refractivity contribution in [2.75, 3.05) is 0 Å². The molecule has 0 spiro atoms. The van der Waals surface area contributed by atoms with E-state index in [2.05, 4.69) is 15.9 Å². The molecule has 94 valence electrons. The first-order chi connectivity index (χ1) is 8.56. The minimum Gasteiger partial charge on any atom is -0.388 e. The maximum atomic E-state index is 13.6. The number of benzene rings is 2. The first-order valence-electron chi connectivity index (χ1n) is 5.75. The van der Waals surface area contributed by atoms with Gasteiger partial charge in [0.05, 0.1) is 6.10 Å². The molecule has 0 aliphatic rings. The van der Waals surface area contributed by atoms with Crippen LogP contribution in [0.4, 0.5) is 4.39 Å². The lowest BCUT2D eigenvalue weighted by Gasteiger charge is -2.12. The Labute approximate surface area is 114 Å². The summed E-state index contributed by atoms with van der Waals surface area (Å²) in [5, 5.41) is 10.1. The van der Waals surface area contributed by atoms with E-state index in [1.807, 2.05) is 31.2 Å². The van der Waals surface area contributed by atoms with Crippen LogP contribution >= 0.6 is 15.9 Å². The third-order valence-corrected chi connectivity index (χ3v) is 3.36. The van der Waals surface area contributed by atoms with E-state index in [4.69, 9.17) is 0 Å². The summed E-state index contributed by atoms with van der Waals surface area (Å²) in [5.41, 5.74) is 2.49. The van der Waals surface area contributed by atoms with E-state index in [9.17, 15) is 9.50 Å². The highest BCUT2D eigenvalue weighted by atomic mass is 79.9. The van der Waals surface area contributed by atoms with Crippen LogP contribution in [0.3, 0.4) is 0 Å². The Balaban J connectivity index is 2.18. The summed E-state index contributed by atoms with van der Waals surface area (Å²) in [5.74, 6) is -0.377. The van der Waals surface area contributed by atoms with Gasteiger partial charge in [-0.05, 0) is 30.7 Å². The van der Waals surface area contributed by atoms with Crippen molar-refractivity contribution in [3.63, 3.8) is 0 Å².